The van der Waals surface area contributed by atoms with Crippen LogP contribution in [-0.4, -0.2) is 79.3 Å². The van der Waals surface area contributed by atoms with E-state index in [1.165, 1.54) is 6.07 Å². The number of carbonyl (C=O) groups excluding carboxylic acids is 2. The van der Waals surface area contributed by atoms with E-state index in [1.54, 1.807) is 75.1 Å². The van der Waals surface area contributed by atoms with Gasteiger partial charge >= 0.3 is 0 Å². The van der Waals surface area contributed by atoms with Crippen LogP contribution in [0.4, 0.5) is 4.39 Å². The van der Waals surface area contributed by atoms with Gasteiger partial charge in [-0.05, 0) is 62.7 Å². The first kappa shape index (κ1) is 29.8. The van der Waals surface area contributed by atoms with Crippen molar-refractivity contribution < 1.29 is 18.2 Å². The minimum absolute atomic E-state index is 0.0719. The van der Waals surface area contributed by atoms with Crippen molar-refractivity contribution in [2.24, 2.45) is 5.92 Å². The molecular formula is C29H35ClFN5O3S. The molecule has 214 valence electrons. The van der Waals surface area contributed by atoms with Gasteiger partial charge in [-0.2, -0.15) is 0 Å². The van der Waals surface area contributed by atoms with Crippen LogP contribution in [-0.2, 0) is 25.8 Å². The minimum atomic E-state index is -3.20. The molecule has 2 aromatic heterocycles. The quantitative estimate of drug-likeness (QED) is 0.305. The summed E-state index contributed by atoms with van der Waals surface area (Å²) in [6, 6.07) is 11.1. The molecule has 4 rings (SSSR count). The zero-order valence-electron chi connectivity index (χ0n) is 22.9. The number of amides is 2. The van der Waals surface area contributed by atoms with E-state index in [2.05, 4.69) is 10.3 Å². The third-order valence-corrected chi connectivity index (χ3v) is 10.1. The molecule has 0 spiro atoms. The third-order valence-electron chi connectivity index (χ3n) is 7.29. The summed E-state index contributed by atoms with van der Waals surface area (Å²) in [4.78, 5) is 33.3. The molecule has 1 saturated heterocycles. The van der Waals surface area contributed by atoms with Crippen molar-refractivity contribution in [3.63, 3.8) is 0 Å². The van der Waals surface area contributed by atoms with Gasteiger partial charge in [0.05, 0.1) is 26.3 Å². The number of rotatable bonds is 9. The van der Waals surface area contributed by atoms with Gasteiger partial charge in [0.15, 0.2) is 0 Å². The monoisotopic (exact) mass is 587 g/mol. The number of hydrogen-bond acceptors (Lipinski definition) is 5. The van der Waals surface area contributed by atoms with Crippen LogP contribution in [0.1, 0.15) is 25.3 Å². The fraction of sp³-hybridized carbons (Fsp3) is 0.379. The molecule has 0 aliphatic carbocycles. The summed E-state index contributed by atoms with van der Waals surface area (Å²) in [5.41, 5.74) is 1.62. The van der Waals surface area contributed by atoms with E-state index in [0.29, 0.717) is 48.6 Å². The highest BCUT2D eigenvalue weighted by molar-refractivity contribution is 8.00. The lowest BCUT2D eigenvalue weighted by Gasteiger charge is -2.34. The molecule has 2 unspecified atom stereocenters. The van der Waals surface area contributed by atoms with Crippen LogP contribution in [0.5, 0.6) is 0 Å². The highest BCUT2D eigenvalue weighted by Crippen LogP contribution is 2.30. The molecule has 0 bridgehead atoms. The van der Waals surface area contributed by atoms with Gasteiger partial charge in [0, 0.05) is 62.1 Å². The minimum Gasteiger partial charge on any atom is -0.342 e. The van der Waals surface area contributed by atoms with Gasteiger partial charge < -0.3 is 15.1 Å². The Labute approximate surface area is 240 Å². The number of benzene rings is 1. The second kappa shape index (κ2) is 13.0. The molecule has 0 radical (unpaired) electrons. The van der Waals surface area contributed by atoms with Gasteiger partial charge in [-0.1, -0.05) is 12.1 Å². The normalized spacial score (nSPS) is 16.3. The van der Waals surface area contributed by atoms with Crippen LogP contribution in [0.15, 0.2) is 66.0 Å². The number of aromatic nitrogens is 2. The van der Waals surface area contributed by atoms with Crippen LogP contribution < -0.4 is 5.32 Å². The Kier molecular flexibility index (Phi) is 9.65. The zero-order chi connectivity index (χ0) is 28.9. The summed E-state index contributed by atoms with van der Waals surface area (Å²) in [7, 11) is 0.308. The molecule has 1 N–H and O–H groups in total. The number of nitrogens with one attached hydrogen (secondary N) is 1. The molecule has 1 aliphatic heterocycles. The number of nitrogens with zero attached hydrogens (tertiary/aromatic N) is 4. The van der Waals surface area contributed by atoms with E-state index in [4.69, 9.17) is 11.6 Å². The molecule has 8 nitrogen and oxygen atoms in total. The predicted octanol–water partition coefficient (Wildman–Crippen LogP) is 3.64. The smallest absolute Gasteiger partial charge is 0.237 e. The third kappa shape index (κ3) is 6.24. The first-order chi connectivity index (χ1) is 19.2. The molecule has 1 aliphatic rings. The number of carbonyl (C=O) groups is 2. The van der Waals surface area contributed by atoms with Crippen molar-refractivity contribution in [3.8, 4) is 11.3 Å². The number of pyridine rings is 1. The number of hydrogen-bond donors (Lipinski definition) is 1. The maximum Gasteiger partial charge on any atom is 0.237 e. The Hall–Kier alpha value is -3.21. The first-order valence-electron chi connectivity index (χ1n) is 13.2. The summed E-state index contributed by atoms with van der Waals surface area (Å²) in [5, 5.41) is 4.75. The maximum absolute atomic E-state index is 15.1. The second-order valence-corrected chi connectivity index (χ2v) is 12.5. The Morgan fingerprint density at radius 2 is 1.98 bits per heavy atom. The largest absolute Gasteiger partial charge is 0.342 e. The summed E-state index contributed by atoms with van der Waals surface area (Å²) in [6.07, 6.45) is 5.99. The van der Waals surface area contributed by atoms with Crippen LogP contribution in [0, 0.1) is 11.7 Å². The van der Waals surface area contributed by atoms with Crippen LogP contribution in [0.3, 0.4) is 0 Å². The molecule has 2 amide bonds. The van der Waals surface area contributed by atoms with E-state index < -0.39 is 21.6 Å². The van der Waals surface area contributed by atoms with Gasteiger partial charge in [0.25, 0.3) is 0 Å². The molecule has 11 heteroatoms. The summed E-state index contributed by atoms with van der Waals surface area (Å²) in [5.74, 6) is -0.957. The van der Waals surface area contributed by atoms with Gasteiger partial charge in [-0.15, -0.1) is 11.6 Å². The van der Waals surface area contributed by atoms with Crippen molar-refractivity contribution in [1.82, 2.24) is 24.1 Å². The van der Waals surface area contributed by atoms with Crippen LogP contribution in [0.25, 0.3) is 11.3 Å². The van der Waals surface area contributed by atoms with E-state index in [-0.39, 0.29) is 23.6 Å². The van der Waals surface area contributed by atoms with E-state index in [1.807, 2.05) is 20.0 Å². The molecular weight excluding hydrogens is 553 g/mol. The van der Waals surface area contributed by atoms with Crippen LogP contribution >= 0.6 is 11.6 Å². The summed E-state index contributed by atoms with van der Waals surface area (Å²) >= 11 is 5.69. The van der Waals surface area contributed by atoms with Crippen molar-refractivity contribution in [2.75, 3.05) is 33.1 Å². The predicted molar refractivity (Wildman–Crippen MR) is 157 cm³/mol. The van der Waals surface area contributed by atoms with Crippen molar-refractivity contribution in [2.45, 2.75) is 37.2 Å². The fourth-order valence-corrected chi connectivity index (χ4v) is 7.59. The van der Waals surface area contributed by atoms with Crippen molar-refractivity contribution in [3.05, 3.63) is 72.4 Å². The fourth-order valence-electron chi connectivity index (χ4n) is 4.97. The van der Waals surface area contributed by atoms with E-state index >= 15 is 8.60 Å². The topological polar surface area (TPSA) is 87.5 Å². The zero-order valence-corrected chi connectivity index (χ0v) is 24.5. The highest BCUT2D eigenvalue weighted by atomic mass is 35.5. The number of likely N-dealkylation sites (tertiary alicyclic amines) is 1. The molecule has 1 fully saturated rings. The molecule has 40 heavy (non-hydrogen) atoms. The Morgan fingerprint density at radius 1 is 1.25 bits per heavy atom. The molecule has 0 saturated carbocycles. The lowest BCUT2D eigenvalue weighted by atomic mass is 9.95. The Bertz CT molecular complexity index is 1460. The second-order valence-electron chi connectivity index (χ2n) is 9.94. The molecule has 1 aromatic carbocycles. The highest BCUT2D eigenvalue weighted by Gasteiger charge is 2.31. The summed E-state index contributed by atoms with van der Waals surface area (Å²) < 4.78 is 31.7. The number of alkyl halides is 1. The average Bonchev–Trinajstić information content (AvgIpc) is 3.41. The van der Waals surface area contributed by atoms with Gasteiger partial charge in [0.2, 0.25) is 11.8 Å². The lowest BCUT2D eigenvalue weighted by molar-refractivity contribution is -0.139. The van der Waals surface area contributed by atoms with Gasteiger partial charge in [-0.3, -0.25) is 18.5 Å². The van der Waals surface area contributed by atoms with Gasteiger partial charge in [-0.25, -0.2) is 8.60 Å². The summed E-state index contributed by atoms with van der Waals surface area (Å²) in [6.45, 7) is 3.27. The first-order valence-corrected chi connectivity index (χ1v) is 15.3. The molecule has 2 atom stereocenters. The van der Waals surface area contributed by atoms with E-state index in [9.17, 15) is 9.59 Å². The Balaban J connectivity index is 1.75. The lowest BCUT2D eigenvalue weighted by Crippen LogP contribution is -2.46. The standard InChI is InChI=1S/C29H35ClFN5O3S/c1-21(34(3)29(38)23-10-13-35(14-11-23)28(37)16-30)20-40(39,24-7-6-12-33-18-24)36-19-22(17-32-2)15-27(36)25-8-4-5-9-26(25)31/h4-9,12,15,18-21,23,32H,10-11,13-14,16-17H2,1-3H3. The van der Waals surface area contributed by atoms with E-state index in [0.717, 1.165) is 5.56 Å². The Morgan fingerprint density at radius 3 is 2.60 bits per heavy atom. The van der Waals surface area contributed by atoms with Crippen molar-refractivity contribution in [1.29, 1.82) is 0 Å². The molecule has 3 heterocycles. The van der Waals surface area contributed by atoms with Crippen LogP contribution in [0.2, 0.25) is 0 Å². The number of halogens is 2. The van der Waals surface area contributed by atoms with Gasteiger partial charge in [0.1, 0.15) is 11.7 Å². The molecule has 3 aromatic rings. The maximum atomic E-state index is 15.1. The SMILES string of the molecule is CNCc1cc(-c2ccccc2F)n(S(=O)(=CC(C)N(C)C(=O)C2CCN(C(=O)CCl)CC2)c2cccnc2)c1. The number of piperidine rings is 1. The average molecular weight is 588 g/mol. The van der Waals surface area contributed by atoms with Crippen molar-refractivity contribution >= 4 is 38.5 Å².